The van der Waals surface area contributed by atoms with E-state index in [1.165, 1.54) is 6.07 Å². The Hall–Kier alpha value is -3.41. The summed E-state index contributed by atoms with van der Waals surface area (Å²) in [6, 6.07) is 22.0. The van der Waals surface area contributed by atoms with Gasteiger partial charge in [-0.3, -0.25) is 4.79 Å². The third-order valence-corrected chi connectivity index (χ3v) is 5.44. The first kappa shape index (κ1) is 18.6. The Kier molecular flexibility index (Phi) is 4.62. The standard InChI is InChI=1S/C23H14Cl2N4O/c24-15-5-7-16(8-6-15)28-14-12-22(30)23(27-28)21-11-13-26-29(21)20-10-9-19(25)17-3-1-2-4-18(17)20/h1-14H. The van der Waals surface area contributed by atoms with Gasteiger partial charge in [-0.05, 0) is 42.5 Å². The molecule has 0 bridgehead atoms. The monoisotopic (exact) mass is 432 g/mol. The maximum atomic E-state index is 12.7. The van der Waals surface area contributed by atoms with Gasteiger partial charge in [0.2, 0.25) is 5.43 Å². The SMILES string of the molecule is O=c1ccn(-c2ccc(Cl)cc2)nc1-c1ccnn1-c1ccc(Cl)c2ccccc12. The molecule has 0 aliphatic rings. The fraction of sp³-hybridized carbons (Fsp3) is 0. The highest BCUT2D eigenvalue weighted by Gasteiger charge is 2.16. The van der Waals surface area contributed by atoms with Crippen LogP contribution >= 0.6 is 23.2 Å². The molecule has 2 aromatic heterocycles. The first-order valence-corrected chi connectivity index (χ1v) is 9.95. The van der Waals surface area contributed by atoms with E-state index in [1.807, 2.05) is 48.5 Å². The smallest absolute Gasteiger partial charge is 0.209 e. The lowest BCUT2D eigenvalue weighted by molar-refractivity contribution is 0.824. The molecule has 146 valence electrons. The van der Waals surface area contributed by atoms with Crippen molar-refractivity contribution < 1.29 is 0 Å². The van der Waals surface area contributed by atoms with Crippen LogP contribution in [0.2, 0.25) is 10.0 Å². The van der Waals surface area contributed by atoms with E-state index in [-0.39, 0.29) is 5.43 Å². The molecule has 5 rings (SSSR count). The average molecular weight is 433 g/mol. The summed E-state index contributed by atoms with van der Waals surface area (Å²) in [5, 5.41) is 12.2. The molecule has 0 saturated carbocycles. The minimum atomic E-state index is -0.194. The summed E-state index contributed by atoms with van der Waals surface area (Å²) in [6.45, 7) is 0. The van der Waals surface area contributed by atoms with Crippen molar-refractivity contribution in [2.24, 2.45) is 0 Å². The second kappa shape index (κ2) is 7.44. The van der Waals surface area contributed by atoms with Gasteiger partial charge in [-0.1, -0.05) is 47.5 Å². The molecule has 7 heteroatoms. The van der Waals surface area contributed by atoms with Gasteiger partial charge in [0.05, 0.1) is 23.3 Å². The van der Waals surface area contributed by atoms with Crippen molar-refractivity contribution in [1.82, 2.24) is 19.6 Å². The summed E-state index contributed by atoms with van der Waals surface area (Å²) in [5.41, 5.74) is 2.31. The van der Waals surface area contributed by atoms with Gasteiger partial charge < -0.3 is 0 Å². The van der Waals surface area contributed by atoms with Crippen LogP contribution in [-0.4, -0.2) is 19.6 Å². The zero-order valence-corrected chi connectivity index (χ0v) is 17.0. The Balaban J connectivity index is 1.70. The van der Waals surface area contributed by atoms with Crippen LogP contribution in [0, 0.1) is 0 Å². The highest BCUT2D eigenvalue weighted by molar-refractivity contribution is 6.35. The molecule has 30 heavy (non-hydrogen) atoms. The predicted molar refractivity (Wildman–Crippen MR) is 120 cm³/mol. The Morgan fingerprint density at radius 2 is 1.57 bits per heavy atom. The zero-order chi connectivity index (χ0) is 20.7. The molecule has 0 radical (unpaired) electrons. The van der Waals surface area contributed by atoms with Crippen LogP contribution in [0.25, 0.3) is 33.5 Å². The number of aromatic nitrogens is 4. The Labute approximate surface area is 181 Å². The topological polar surface area (TPSA) is 52.7 Å². The third kappa shape index (κ3) is 3.18. The van der Waals surface area contributed by atoms with Crippen molar-refractivity contribution in [3.63, 3.8) is 0 Å². The molecule has 2 heterocycles. The molecule has 0 atom stereocenters. The first-order valence-electron chi connectivity index (χ1n) is 9.20. The molecule has 0 fully saturated rings. The van der Waals surface area contributed by atoms with E-state index in [0.29, 0.717) is 21.4 Å². The highest BCUT2D eigenvalue weighted by atomic mass is 35.5. The Bertz CT molecular complexity index is 1440. The van der Waals surface area contributed by atoms with Crippen LogP contribution in [0.5, 0.6) is 0 Å². The number of halogens is 2. The van der Waals surface area contributed by atoms with Gasteiger partial charge in [0.15, 0.2) is 5.69 Å². The van der Waals surface area contributed by atoms with Crippen molar-refractivity contribution in [2.45, 2.75) is 0 Å². The van der Waals surface area contributed by atoms with Gasteiger partial charge in [-0.25, -0.2) is 9.36 Å². The van der Waals surface area contributed by atoms with Crippen LogP contribution in [0.1, 0.15) is 0 Å². The second-order valence-corrected chi connectivity index (χ2v) is 7.53. The lowest BCUT2D eigenvalue weighted by Crippen LogP contribution is -2.14. The molecule has 5 nitrogen and oxygen atoms in total. The zero-order valence-electron chi connectivity index (χ0n) is 15.5. The normalized spacial score (nSPS) is 11.1. The van der Waals surface area contributed by atoms with Gasteiger partial charge in [0.25, 0.3) is 0 Å². The fourth-order valence-electron chi connectivity index (χ4n) is 3.43. The summed E-state index contributed by atoms with van der Waals surface area (Å²) in [6.07, 6.45) is 3.28. The molecule has 0 spiro atoms. The van der Waals surface area contributed by atoms with E-state index in [2.05, 4.69) is 10.2 Å². The van der Waals surface area contributed by atoms with E-state index < -0.39 is 0 Å². The Morgan fingerprint density at radius 3 is 2.37 bits per heavy atom. The van der Waals surface area contributed by atoms with E-state index >= 15 is 0 Å². The quantitative estimate of drug-likeness (QED) is 0.375. The predicted octanol–water partition coefficient (Wildman–Crippen LogP) is 5.55. The molecule has 0 aliphatic heterocycles. The molecular formula is C23H14Cl2N4O. The average Bonchev–Trinajstić information content (AvgIpc) is 3.25. The summed E-state index contributed by atoms with van der Waals surface area (Å²) in [5.74, 6) is 0. The van der Waals surface area contributed by atoms with Crippen molar-refractivity contribution in [3.05, 3.63) is 105 Å². The lowest BCUT2D eigenvalue weighted by atomic mass is 10.1. The molecule has 0 aliphatic carbocycles. The number of hydrogen-bond acceptors (Lipinski definition) is 3. The molecule has 0 unspecified atom stereocenters. The number of benzene rings is 3. The fourth-order valence-corrected chi connectivity index (χ4v) is 3.78. The van der Waals surface area contributed by atoms with Crippen molar-refractivity contribution >= 4 is 34.0 Å². The van der Waals surface area contributed by atoms with E-state index in [0.717, 1.165) is 22.1 Å². The second-order valence-electron chi connectivity index (χ2n) is 6.69. The van der Waals surface area contributed by atoms with E-state index in [9.17, 15) is 4.79 Å². The van der Waals surface area contributed by atoms with E-state index in [1.54, 1.807) is 40.0 Å². The maximum Gasteiger partial charge on any atom is 0.209 e. The lowest BCUT2D eigenvalue weighted by Gasteiger charge is -2.12. The van der Waals surface area contributed by atoms with Crippen LogP contribution in [-0.2, 0) is 0 Å². The molecule has 0 amide bonds. The van der Waals surface area contributed by atoms with Gasteiger partial charge in [0.1, 0.15) is 0 Å². The van der Waals surface area contributed by atoms with Crippen LogP contribution in [0.3, 0.4) is 0 Å². The summed E-state index contributed by atoms with van der Waals surface area (Å²) >= 11 is 12.4. The summed E-state index contributed by atoms with van der Waals surface area (Å²) < 4.78 is 3.36. The van der Waals surface area contributed by atoms with E-state index in [4.69, 9.17) is 23.2 Å². The highest BCUT2D eigenvalue weighted by Crippen LogP contribution is 2.30. The molecule has 3 aromatic carbocycles. The molecular weight excluding hydrogens is 419 g/mol. The largest absolute Gasteiger partial charge is 0.287 e. The number of rotatable bonds is 3. The minimum absolute atomic E-state index is 0.194. The van der Waals surface area contributed by atoms with Gasteiger partial charge >= 0.3 is 0 Å². The maximum absolute atomic E-state index is 12.7. The number of nitrogens with zero attached hydrogens (tertiary/aromatic N) is 4. The molecule has 0 saturated heterocycles. The van der Waals surface area contributed by atoms with Crippen molar-refractivity contribution in [1.29, 1.82) is 0 Å². The Morgan fingerprint density at radius 1 is 0.800 bits per heavy atom. The summed E-state index contributed by atoms with van der Waals surface area (Å²) in [4.78, 5) is 12.7. The third-order valence-electron chi connectivity index (χ3n) is 4.86. The van der Waals surface area contributed by atoms with Crippen LogP contribution in [0.15, 0.2) is 90.0 Å². The molecule has 0 N–H and O–H groups in total. The summed E-state index contributed by atoms with van der Waals surface area (Å²) in [7, 11) is 0. The van der Waals surface area contributed by atoms with Gasteiger partial charge in [-0.15, -0.1) is 0 Å². The van der Waals surface area contributed by atoms with Crippen molar-refractivity contribution in [2.75, 3.05) is 0 Å². The van der Waals surface area contributed by atoms with Crippen LogP contribution < -0.4 is 5.43 Å². The first-order chi connectivity index (χ1) is 14.6. The minimum Gasteiger partial charge on any atom is -0.287 e. The van der Waals surface area contributed by atoms with Gasteiger partial charge in [0, 0.05) is 33.1 Å². The van der Waals surface area contributed by atoms with Crippen molar-refractivity contribution in [3.8, 4) is 22.8 Å². The van der Waals surface area contributed by atoms with Crippen LogP contribution in [0.4, 0.5) is 0 Å². The number of fused-ring (bicyclic) bond motifs is 1. The van der Waals surface area contributed by atoms with Gasteiger partial charge in [-0.2, -0.15) is 10.2 Å². The number of hydrogen-bond donors (Lipinski definition) is 0. The molecule has 5 aromatic rings.